The van der Waals surface area contributed by atoms with Gasteiger partial charge in [-0.15, -0.1) is 0 Å². The second-order valence-corrected chi connectivity index (χ2v) is 9.23. The summed E-state index contributed by atoms with van der Waals surface area (Å²) < 4.78 is 36.5. The fourth-order valence-corrected chi connectivity index (χ4v) is 4.50. The van der Waals surface area contributed by atoms with Gasteiger partial charge in [-0.25, -0.2) is 18.5 Å². The predicted molar refractivity (Wildman–Crippen MR) is 126 cm³/mol. The van der Waals surface area contributed by atoms with Crippen LogP contribution in [0.5, 0.6) is 0 Å². The van der Waals surface area contributed by atoms with Crippen LogP contribution in [-0.2, 0) is 10.2 Å². The van der Waals surface area contributed by atoms with E-state index >= 15 is 0 Å². The van der Waals surface area contributed by atoms with E-state index in [1.54, 1.807) is 20.0 Å². The van der Waals surface area contributed by atoms with Crippen molar-refractivity contribution in [3.63, 3.8) is 0 Å². The Balaban J connectivity index is 1.58. The summed E-state index contributed by atoms with van der Waals surface area (Å²) in [5.41, 5.74) is 13.2. The van der Waals surface area contributed by atoms with Crippen molar-refractivity contribution in [3.8, 4) is 0 Å². The molecule has 1 fully saturated rings. The van der Waals surface area contributed by atoms with E-state index in [9.17, 15) is 8.78 Å². The average Bonchev–Trinajstić information content (AvgIpc) is 3.24. The number of fused-ring (bicyclic) bond motifs is 1. The lowest BCUT2D eigenvalue weighted by atomic mass is 9.77. The minimum Gasteiger partial charge on any atom is -0.370 e. The topological polar surface area (TPSA) is 116 Å². The van der Waals surface area contributed by atoms with E-state index in [1.807, 2.05) is 22.9 Å². The highest BCUT2D eigenvalue weighted by atomic mass is 19.2. The summed E-state index contributed by atoms with van der Waals surface area (Å²) >= 11 is 0. The van der Waals surface area contributed by atoms with Gasteiger partial charge >= 0.3 is 0 Å². The number of hydrogen-bond acceptors (Lipinski definition) is 7. The zero-order valence-corrected chi connectivity index (χ0v) is 19.1. The minimum atomic E-state index is -1.59. The maximum atomic E-state index is 14.7. The second kappa shape index (κ2) is 8.14. The Morgan fingerprint density at radius 2 is 2.03 bits per heavy atom. The first-order valence-corrected chi connectivity index (χ1v) is 11.2. The van der Waals surface area contributed by atoms with Crippen molar-refractivity contribution in [1.29, 1.82) is 0 Å². The number of benzene rings is 2. The van der Waals surface area contributed by atoms with Crippen molar-refractivity contribution < 1.29 is 13.5 Å². The molecule has 10 heteroatoms. The summed E-state index contributed by atoms with van der Waals surface area (Å²) in [5, 5.41) is 8.34. The quantitative estimate of drug-likeness (QED) is 0.545. The predicted octanol–water partition coefficient (Wildman–Crippen LogP) is 3.27. The summed E-state index contributed by atoms with van der Waals surface area (Å²) in [6.07, 6.45) is 4.66. The van der Waals surface area contributed by atoms with Gasteiger partial charge in [-0.2, -0.15) is 10.1 Å². The van der Waals surface area contributed by atoms with Crippen LogP contribution >= 0.6 is 0 Å². The molecule has 2 unspecified atom stereocenters. The molecule has 2 aliphatic heterocycles. The Kier molecular flexibility index (Phi) is 5.37. The van der Waals surface area contributed by atoms with Gasteiger partial charge in [-0.1, -0.05) is 38.1 Å². The largest absolute Gasteiger partial charge is 0.370 e. The van der Waals surface area contributed by atoms with Gasteiger partial charge in [-0.05, 0) is 31.4 Å². The third-order valence-corrected chi connectivity index (χ3v) is 6.69. The summed E-state index contributed by atoms with van der Waals surface area (Å²) in [7, 11) is 0. The van der Waals surface area contributed by atoms with Crippen LogP contribution in [0.1, 0.15) is 50.5 Å². The van der Waals surface area contributed by atoms with Gasteiger partial charge < -0.3 is 15.8 Å². The molecule has 0 spiro atoms. The lowest BCUT2D eigenvalue weighted by Gasteiger charge is -2.43. The lowest BCUT2D eigenvalue weighted by Crippen LogP contribution is -2.68. The number of aliphatic imine (C=N–C) groups is 2. The molecule has 3 aromatic rings. The molecule has 8 nitrogen and oxygen atoms in total. The zero-order chi connectivity index (χ0) is 24.1. The number of nitrogens with two attached hydrogens (primary N) is 2. The van der Waals surface area contributed by atoms with Gasteiger partial charge in [0.15, 0.2) is 35.4 Å². The van der Waals surface area contributed by atoms with E-state index in [0.29, 0.717) is 12.2 Å². The Labute approximate surface area is 195 Å². The normalized spacial score (nSPS) is 23.4. The molecule has 2 aromatic carbocycles. The van der Waals surface area contributed by atoms with Crippen molar-refractivity contribution in [2.75, 3.05) is 6.61 Å². The first-order chi connectivity index (χ1) is 16.2. The molecule has 5 N–H and O–H groups in total. The molecule has 0 saturated carbocycles. The molecular formula is C24H27F2N7O. The molecular weight excluding hydrogens is 440 g/mol. The van der Waals surface area contributed by atoms with Gasteiger partial charge in [0.25, 0.3) is 0 Å². The number of hydrogen-bond donors (Lipinski definition) is 3. The van der Waals surface area contributed by atoms with Gasteiger partial charge in [0.2, 0.25) is 0 Å². The summed E-state index contributed by atoms with van der Waals surface area (Å²) in [6.45, 7) is 4.05. The Hall–Kier alpha value is -3.37. The maximum absolute atomic E-state index is 14.7. The number of nitrogens with zero attached hydrogens (tertiary/aromatic N) is 4. The first-order valence-electron chi connectivity index (χ1n) is 11.2. The van der Waals surface area contributed by atoms with Crippen LogP contribution in [0.4, 0.5) is 8.78 Å². The average molecular weight is 468 g/mol. The molecule has 0 amide bonds. The van der Waals surface area contributed by atoms with Crippen molar-refractivity contribution in [1.82, 2.24) is 15.1 Å². The van der Waals surface area contributed by atoms with Crippen molar-refractivity contribution in [3.05, 3.63) is 65.4 Å². The monoisotopic (exact) mass is 467 g/mol. The number of halogens is 2. The van der Waals surface area contributed by atoms with E-state index in [1.165, 1.54) is 12.1 Å². The number of aromatic nitrogens is 2. The van der Waals surface area contributed by atoms with E-state index in [-0.39, 0.29) is 23.6 Å². The van der Waals surface area contributed by atoms with E-state index in [0.717, 1.165) is 36.2 Å². The molecule has 2 atom stereocenters. The standard InChI is InChI=1S/C24H27F2N7O/c1-23(2,16-6-5-7-17(25)20(16)26)24(28)31-21(30-22(27)32-24)14-9-10-15-13-29-33(18(15)12-14)19-8-3-4-11-34-19/h5-7,9-10,12-13,19H,3-4,8,11,28H2,1-2H3,(H3,27,30,31,32). The fourth-order valence-electron chi connectivity index (χ4n) is 4.50. The Morgan fingerprint density at radius 1 is 1.21 bits per heavy atom. The fraction of sp³-hybridized carbons (Fsp3) is 0.375. The smallest absolute Gasteiger partial charge is 0.198 e. The summed E-state index contributed by atoms with van der Waals surface area (Å²) in [4.78, 5) is 9.01. The molecule has 1 saturated heterocycles. The molecule has 2 aliphatic rings. The van der Waals surface area contributed by atoms with Gasteiger partial charge in [0.1, 0.15) is 0 Å². The molecule has 0 radical (unpaired) electrons. The molecule has 0 bridgehead atoms. The van der Waals surface area contributed by atoms with Crippen molar-refractivity contribution >= 4 is 22.7 Å². The second-order valence-electron chi connectivity index (χ2n) is 9.23. The molecule has 34 heavy (non-hydrogen) atoms. The van der Waals surface area contributed by atoms with E-state index < -0.39 is 22.8 Å². The summed E-state index contributed by atoms with van der Waals surface area (Å²) in [5.74, 6) is -3.22. The number of ether oxygens (including phenoxy) is 1. The van der Waals surface area contributed by atoms with Crippen LogP contribution in [0, 0.1) is 11.6 Å². The SMILES string of the molecule is CC(C)(c1cccc(F)c1F)C1(N)N=C(c2ccc3cnn(C4CCCCO4)c3c2)N=C(N)N1. The lowest BCUT2D eigenvalue weighted by molar-refractivity contribution is -0.0366. The number of rotatable bonds is 4. The highest BCUT2D eigenvalue weighted by molar-refractivity contribution is 6.08. The maximum Gasteiger partial charge on any atom is 0.198 e. The van der Waals surface area contributed by atoms with E-state index in [4.69, 9.17) is 16.2 Å². The van der Waals surface area contributed by atoms with Crippen LogP contribution in [0.2, 0.25) is 0 Å². The molecule has 0 aliphatic carbocycles. The Morgan fingerprint density at radius 3 is 2.79 bits per heavy atom. The highest BCUT2D eigenvalue weighted by Crippen LogP contribution is 2.37. The Bertz CT molecular complexity index is 1310. The summed E-state index contributed by atoms with van der Waals surface area (Å²) in [6, 6.07) is 9.67. The van der Waals surface area contributed by atoms with Gasteiger partial charge in [0.05, 0.1) is 17.1 Å². The van der Waals surface area contributed by atoms with Crippen molar-refractivity contribution in [2.45, 2.75) is 50.5 Å². The van der Waals surface area contributed by atoms with Gasteiger partial charge in [-0.3, -0.25) is 5.73 Å². The third-order valence-electron chi connectivity index (χ3n) is 6.69. The van der Waals surface area contributed by atoms with E-state index in [2.05, 4.69) is 20.4 Å². The van der Waals surface area contributed by atoms with Crippen LogP contribution in [0.3, 0.4) is 0 Å². The zero-order valence-electron chi connectivity index (χ0n) is 19.1. The number of guanidine groups is 1. The highest BCUT2D eigenvalue weighted by Gasteiger charge is 2.47. The first kappa shape index (κ1) is 22.4. The molecule has 1 aromatic heterocycles. The van der Waals surface area contributed by atoms with Crippen LogP contribution < -0.4 is 16.8 Å². The van der Waals surface area contributed by atoms with Crippen LogP contribution in [0.15, 0.2) is 52.6 Å². The minimum absolute atomic E-state index is 0.0293. The molecule has 178 valence electrons. The third kappa shape index (κ3) is 3.63. The number of amidine groups is 1. The van der Waals surface area contributed by atoms with Crippen LogP contribution in [-0.4, -0.2) is 34.0 Å². The van der Waals surface area contributed by atoms with Crippen LogP contribution in [0.25, 0.3) is 10.9 Å². The van der Waals surface area contributed by atoms with Gasteiger partial charge in [0, 0.05) is 23.1 Å². The van der Waals surface area contributed by atoms with Crippen molar-refractivity contribution in [2.24, 2.45) is 21.5 Å². The molecule has 5 rings (SSSR count). The molecule has 3 heterocycles. The number of nitrogens with one attached hydrogen (secondary N) is 1.